The number of halogens is 1. The Kier molecular flexibility index (Phi) is 8.43. The van der Waals surface area contributed by atoms with E-state index in [1.54, 1.807) is 6.07 Å². The lowest BCUT2D eigenvalue weighted by Gasteiger charge is -2.41. The van der Waals surface area contributed by atoms with Gasteiger partial charge in [-0.2, -0.15) is 0 Å². The molecule has 0 saturated carbocycles. The van der Waals surface area contributed by atoms with Gasteiger partial charge in [0.05, 0.1) is 5.56 Å². The molecule has 5 nitrogen and oxygen atoms in total. The standard InChI is InChI=1S/C26H30ClNO4Si/c1-26(2,33(30,20-11-6-4-7-12-20)21-13-8-5-9-14-21)17-10-15-23(29)22-16-18-28-25(27)24(22)32-19-31-3/h4-9,11-14,16,18,30H,10,15,17,19H2,1-3H3. The van der Waals surface area contributed by atoms with Crippen molar-refractivity contribution in [2.75, 3.05) is 13.9 Å². The summed E-state index contributed by atoms with van der Waals surface area (Å²) in [5.41, 5.74) is 0.392. The van der Waals surface area contributed by atoms with Gasteiger partial charge in [-0.3, -0.25) is 4.79 Å². The van der Waals surface area contributed by atoms with Gasteiger partial charge >= 0.3 is 0 Å². The van der Waals surface area contributed by atoms with E-state index in [9.17, 15) is 9.59 Å². The molecule has 0 bridgehead atoms. The first-order valence-electron chi connectivity index (χ1n) is 10.9. The number of rotatable bonds is 11. The molecule has 2 aromatic carbocycles. The second-order valence-electron chi connectivity index (χ2n) is 8.63. The Morgan fingerprint density at radius 1 is 1.03 bits per heavy atom. The SMILES string of the molecule is COCOc1c(C(=O)CCCC(C)(C)[Si](O)(c2ccccc2)c2ccccc2)ccnc1Cl. The van der Waals surface area contributed by atoms with Gasteiger partial charge in [-0.05, 0) is 34.3 Å². The molecule has 174 valence electrons. The van der Waals surface area contributed by atoms with E-state index >= 15 is 0 Å². The van der Waals surface area contributed by atoms with Gasteiger partial charge in [0.1, 0.15) is 0 Å². The first-order chi connectivity index (χ1) is 15.8. The summed E-state index contributed by atoms with van der Waals surface area (Å²) in [6.45, 7) is 4.17. The molecule has 0 spiro atoms. The molecule has 0 atom stereocenters. The minimum absolute atomic E-state index is 0.0223. The van der Waals surface area contributed by atoms with Crippen LogP contribution in [0.4, 0.5) is 0 Å². The Labute approximate surface area is 201 Å². The van der Waals surface area contributed by atoms with Crippen LogP contribution in [-0.4, -0.2) is 37.8 Å². The van der Waals surface area contributed by atoms with Crippen molar-refractivity contribution in [2.24, 2.45) is 0 Å². The number of hydrogen-bond acceptors (Lipinski definition) is 5. The van der Waals surface area contributed by atoms with Crippen LogP contribution in [0.25, 0.3) is 0 Å². The molecule has 3 rings (SSSR count). The number of benzene rings is 2. The average Bonchev–Trinajstić information content (AvgIpc) is 2.83. The van der Waals surface area contributed by atoms with Crippen molar-refractivity contribution >= 4 is 36.1 Å². The fourth-order valence-corrected chi connectivity index (χ4v) is 8.21. The third-order valence-corrected chi connectivity index (χ3v) is 10.9. The third-order valence-electron chi connectivity index (χ3n) is 6.05. The smallest absolute Gasteiger partial charge is 0.258 e. The summed E-state index contributed by atoms with van der Waals surface area (Å²) in [5, 5.41) is 1.64. The molecular formula is C26H30ClNO4Si. The van der Waals surface area contributed by atoms with Gasteiger partial charge in [-0.25, -0.2) is 4.98 Å². The molecule has 1 aromatic heterocycles. The van der Waals surface area contributed by atoms with Crippen molar-refractivity contribution in [3.05, 3.63) is 83.6 Å². The minimum Gasteiger partial charge on any atom is -0.464 e. The highest BCUT2D eigenvalue weighted by molar-refractivity contribution is 6.98. The highest BCUT2D eigenvalue weighted by atomic mass is 35.5. The molecule has 0 unspecified atom stereocenters. The van der Waals surface area contributed by atoms with E-state index in [2.05, 4.69) is 18.8 Å². The summed E-state index contributed by atoms with van der Waals surface area (Å²) in [5.74, 6) is 0.163. The number of carbonyl (C=O) groups excluding carboxylic acids is 1. The van der Waals surface area contributed by atoms with Crippen molar-refractivity contribution in [2.45, 2.75) is 38.1 Å². The summed E-state index contributed by atoms with van der Waals surface area (Å²) in [6, 6.07) is 21.4. The third kappa shape index (κ3) is 5.53. The lowest BCUT2D eigenvalue weighted by Crippen LogP contribution is -2.65. The maximum absolute atomic E-state index is 13.0. The predicted octanol–water partition coefficient (Wildman–Crippen LogP) is 4.60. The van der Waals surface area contributed by atoms with E-state index in [4.69, 9.17) is 21.1 Å². The van der Waals surface area contributed by atoms with Gasteiger partial charge < -0.3 is 14.3 Å². The molecule has 1 heterocycles. The number of methoxy groups -OCH3 is 1. The van der Waals surface area contributed by atoms with Crippen molar-refractivity contribution in [3.63, 3.8) is 0 Å². The van der Waals surface area contributed by atoms with Crippen LogP contribution in [0.2, 0.25) is 10.2 Å². The second kappa shape index (κ2) is 11.1. The van der Waals surface area contributed by atoms with Gasteiger partial charge in [0.2, 0.25) is 0 Å². The zero-order chi connectivity index (χ0) is 23.9. The molecule has 0 amide bonds. The summed E-state index contributed by atoms with van der Waals surface area (Å²) in [4.78, 5) is 29.2. The summed E-state index contributed by atoms with van der Waals surface area (Å²) in [6.07, 6.45) is 3.10. The van der Waals surface area contributed by atoms with Crippen molar-refractivity contribution in [3.8, 4) is 5.75 Å². The molecule has 7 heteroatoms. The zero-order valence-corrected chi connectivity index (χ0v) is 21.0. The zero-order valence-electron chi connectivity index (χ0n) is 19.3. The lowest BCUT2D eigenvalue weighted by molar-refractivity contribution is 0.0500. The Balaban J connectivity index is 1.80. The number of Topliss-reactive ketones (excluding diaryl/α,β-unsaturated/α-hetero) is 1. The van der Waals surface area contributed by atoms with Gasteiger partial charge in [-0.1, -0.05) is 86.1 Å². The van der Waals surface area contributed by atoms with E-state index in [0.717, 1.165) is 10.4 Å². The monoisotopic (exact) mass is 483 g/mol. The van der Waals surface area contributed by atoms with Crippen LogP contribution in [0, 0.1) is 0 Å². The van der Waals surface area contributed by atoms with Crippen LogP contribution < -0.4 is 15.1 Å². The van der Waals surface area contributed by atoms with Crippen LogP contribution in [0.15, 0.2) is 72.9 Å². The Morgan fingerprint density at radius 3 is 2.15 bits per heavy atom. The molecule has 3 aromatic rings. The maximum Gasteiger partial charge on any atom is 0.258 e. The minimum atomic E-state index is -3.10. The molecule has 0 aliphatic carbocycles. The Bertz CT molecular complexity index is 1020. The molecule has 0 fully saturated rings. The molecule has 33 heavy (non-hydrogen) atoms. The highest BCUT2D eigenvalue weighted by Gasteiger charge is 2.49. The Hall–Kier alpha value is -2.51. The Morgan fingerprint density at radius 2 is 1.61 bits per heavy atom. The maximum atomic E-state index is 13.0. The van der Waals surface area contributed by atoms with E-state index in [1.807, 2.05) is 60.7 Å². The number of pyridine rings is 1. The highest BCUT2D eigenvalue weighted by Crippen LogP contribution is 2.40. The summed E-state index contributed by atoms with van der Waals surface area (Å²) >= 11 is 6.14. The molecule has 0 aliphatic heterocycles. The normalized spacial score (nSPS) is 11.9. The number of aromatic nitrogens is 1. The van der Waals surface area contributed by atoms with Crippen LogP contribution in [0.5, 0.6) is 5.75 Å². The summed E-state index contributed by atoms with van der Waals surface area (Å²) < 4.78 is 10.4. The molecule has 0 saturated heterocycles. The second-order valence-corrected chi connectivity index (χ2v) is 12.9. The molecule has 1 N–H and O–H groups in total. The number of hydrogen-bond donors (Lipinski definition) is 1. The van der Waals surface area contributed by atoms with Gasteiger partial charge in [0, 0.05) is 19.7 Å². The van der Waals surface area contributed by atoms with Gasteiger partial charge in [0.25, 0.3) is 8.32 Å². The summed E-state index contributed by atoms with van der Waals surface area (Å²) in [7, 11) is -1.60. The molecule has 0 aliphatic rings. The van der Waals surface area contributed by atoms with Crippen LogP contribution in [0.1, 0.15) is 43.5 Å². The average molecular weight is 484 g/mol. The number of ketones is 1. The first-order valence-corrected chi connectivity index (χ1v) is 13.3. The van der Waals surface area contributed by atoms with Gasteiger partial charge in [-0.15, -0.1) is 0 Å². The van der Waals surface area contributed by atoms with E-state index < -0.39 is 13.4 Å². The van der Waals surface area contributed by atoms with E-state index in [1.165, 1.54) is 13.3 Å². The molecular weight excluding hydrogens is 454 g/mol. The van der Waals surface area contributed by atoms with Crippen LogP contribution >= 0.6 is 11.6 Å². The first kappa shape index (κ1) is 25.1. The van der Waals surface area contributed by atoms with Crippen LogP contribution in [-0.2, 0) is 4.74 Å². The molecule has 0 radical (unpaired) electrons. The fraction of sp³-hybridized carbons (Fsp3) is 0.308. The van der Waals surface area contributed by atoms with Crippen molar-refractivity contribution in [1.29, 1.82) is 0 Å². The number of nitrogens with zero attached hydrogens (tertiary/aromatic N) is 1. The number of carbonyl (C=O) groups is 1. The van der Waals surface area contributed by atoms with Crippen LogP contribution in [0.3, 0.4) is 0 Å². The quantitative estimate of drug-likeness (QED) is 0.187. The van der Waals surface area contributed by atoms with Gasteiger partial charge in [0.15, 0.2) is 23.5 Å². The van der Waals surface area contributed by atoms with E-state index in [-0.39, 0.29) is 23.5 Å². The van der Waals surface area contributed by atoms with Crippen molar-refractivity contribution < 1.29 is 19.1 Å². The largest absolute Gasteiger partial charge is 0.464 e. The topological polar surface area (TPSA) is 68.7 Å². The fourth-order valence-electron chi connectivity index (χ4n) is 4.21. The van der Waals surface area contributed by atoms with Crippen molar-refractivity contribution in [1.82, 2.24) is 4.98 Å². The predicted molar refractivity (Wildman–Crippen MR) is 134 cm³/mol. The van der Waals surface area contributed by atoms with E-state index in [0.29, 0.717) is 24.8 Å². The lowest BCUT2D eigenvalue weighted by atomic mass is 10.0. The number of ether oxygens (including phenoxy) is 2.